The van der Waals surface area contributed by atoms with E-state index in [-0.39, 0.29) is 6.54 Å². The Kier molecular flexibility index (Phi) is 4.16. The molecule has 0 amide bonds. The van der Waals surface area contributed by atoms with Crippen LogP contribution in [0.25, 0.3) is 0 Å². The third-order valence-electron chi connectivity index (χ3n) is 2.69. The Bertz CT molecular complexity index is 662. The van der Waals surface area contributed by atoms with Gasteiger partial charge in [-0.15, -0.1) is 0 Å². The molecule has 6 nitrogen and oxygen atoms in total. The minimum atomic E-state index is -1.13. The SMILES string of the molecule is O=c1[nH]c(Cl)c(F)c(=O)n1CCCCn1ccnc1. The van der Waals surface area contributed by atoms with Crippen molar-refractivity contribution in [2.75, 3.05) is 0 Å². The molecular formula is C11H12ClFN4O2. The fourth-order valence-corrected chi connectivity index (χ4v) is 1.87. The lowest BCUT2D eigenvalue weighted by atomic mass is 10.3. The van der Waals surface area contributed by atoms with Crippen molar-refractivity contribution in [1.82, 2.24) is 19.1 Å². The standard InChI is InChI=1S/C11H12ClFN4O2/c12-9-8(13)10(18)17(11(19)15-9)5-2-1-4-16-6-3-14-7-16/h3,6-7H,1-2,4-5H2,(H,15,19). The number of unbranched alkanes of at least 4 members (excludes halogenated alkanes) is 1. The summed E-state index contributed by atoms with van der Waals surface area (Å²) >= 11 is 5.37. The fourth-order valence-electron chi connectivity index (χ4n) is 1.71. The molecular weight excluding hydrogens is 275 g/mol. The van der Waals surface area contributed by atoms with Gasteiger partial charge in [-0.05, 0) is 12.8 Å². The van der Waals surface area contributed by atoms with Gasteiger partial charge in [0, 0.05) is 25.5 Å². The van der Waals surface area contributed by atoms with Crippen molar-refractivity contribution in [1.29, 1.82) is 0 Å². The van der Waals surface area contributed by atoms with Crippen LogP contribution in [0.3, 0.4) is 0 Å². The van der Waals surface area contributed by atoms with Gasteiger partial charge in [-0.2, -0.15) is 4.39 Å². The van der Waals surface area contributed by atoms with Crippen LogP contribution in [-0.4, -0.2) is 19.1 Å². The number of aromatic amines is 1. The molecule has 0 saturated carbocycles. The number of H-pyrrole nitrogens is 1. The highest BCUT2D eigenvalue weighted by Crippen LogP contribution is 2.03. The van der Waals surface area contributed by atoms with Crippen LogP contribution in [0.5, 0.6) is 0 Å². The smallest absolute Gasteiger partial charge is 0.329 e. The predicted molar refractivity (Wildman–Crippen MR) is 67.8 cm³/mol. The number of nitrogens with zero attached hydrogens (tertiary/aromatic N) is 3. The first-order valence-electron chi connectivity index (χ1n) is 5.73. The summed E-state index contributed by atoms with van der Waals surface area (Å²) in [6.45, 7) is 0.875. The Morgan fingerprint density at radius 3 is 2.74 bits per heavy atom. The Morgan fingerprint density at radius 1 is 1.32 bits per heavy atom. The van der Waals surface area contributed by atoms with E-state index in [2.05, 4.69) is 9.97 Å². The molecule has 0 aliphatic carbocycles. The molecule has 0 radical (unpaired) electrons. The summed E-state index contributed by atoms with van der Waals surface area (Å²) in [6, 6.07) is 0. The average molecular weight is 287 g/mol. The highest BCUT2D eigenvalue weighted by atomic mass is 35.5. The van der Waals surface area contributed by atoms with Gasteiger partial charge in [-0.25, -0.2) is 9.78 Å². The van der Waals surface area contributed by atoms with Gasteiger partial charge in [0.15, 0.2) is 5.15 Å². The second kappa shape index (κ2) is 5.83. The molecule has 0 saturated heterocycles. The normalized spacial score (nSPS) is 10.8. The van der Waals surface area contributed by atoms with Crippen molar-refractivity contribution < 1.29 is 4.39 Å². The first-order valence-corrected chi connectivity index (χ1v) is 6.11. The summed E-state index contributed by atoms with van der Waals surface area (Å²) in [5.74, 6) is -1.13. The van der Waals surface area contributed by atoms with E-state index < -0.39 is 22.2 Å². The number of halogens is 2. The first-order chi connectivity index (χ1) is 9.09. The topological polar surface area (TPSA) is 72.7 Å². The lowest BCUT2D eigenvalue weighted by Crippen LogP contribution is -2.37. The zero-order valence-electron chi connectivity index (χ0n) is 9.97. The summed E-state index contributed by atoms with van der Waals surface area (Å²) < 4.78 is 16.0. The minimum absolute atomic E-state index is 0.150. The van der Waals surface area contributed by atoms with E-state index in [0.29, 0.717) is 6.42 Å². The van der Waals surface area contributed by atoms with E-state index in [0.717, 1.165) is 17.5 Å². The van der Waals surface area contributed by atoms with Crippen molar-refractivity contribution in [2.24, 2.45) is 0 Å². The van der Waals surface area contributed by atoms with Gasteiger partial charge < -0.3 is 4.57 Å². The fraction of sp³-hybridized carbons (Fsp3) is 0.364. The molecule has 0 bridgehead atoms. The Morgan fingerprint density at radius 2 is 2.05 bits per heavy atom. The molecule has 0 fully saturated rings. The van der Waals surface area contributed by atoms with Crippen molar-refractivity contribution in [2.45, 2.75) is 25.9 Å². The number of nitrogens with one attached hydrogen (secondary N) is 1. The molecule has 0 aromatic carbocycles. The lowest BCUT2D eigenvalue weighted by molar-refractivity contribution is 0.500. The van der Waals surface area contributed by atoms with Crippen LogP contribution >= 0.6 is 11.6 Å². The van der Waals surface area contributed by atoms with Crippen LogP contribution in [0.4, 0.5) is 4.39 Å². The van der Waals surface area contributed by atoms with Crippen LogP contribution in [-0.2, 0) is 13.1 Å². The summed E-state index contributed by atoms with van der Waals surface area (Å²) in [5.41, 5.74) is -1.68. The third-order valence-corrected chi connectivity index (χ3v) is 2.96. The van der Waals surface area contributed by atoms with Crippen LogP contribution in [0.15, 0.2) is 28.3 Å². The summed E-state index contributed by atoms with van der Waals surface area (Å²) in [6.07, 6.45) is 6.49. The maximum atomic E-state index is 13.3. The largest absolute Gasteiger partial charge is 0.337 e. The van der Waals surface area contributed by atoms with Crippen molar-refractivity contribution >= 4 is 11.6 Å². The molecule has 2 aromatic rings. The number of hydrogen-bond donors (Lipinski definition) is 1. The Hall–Kier alpha value is -1.89. The zero-order chi connectivity index (χ0) is 13.8. The molecule has 0 unspecified atom stereocenters. The highest BCUT2D eigenvalue weighted by molar-refractivity contribution is 6.29. The van der Waals surface area contributed by atoms with Crippen LogP contribution < -0.4 is 11.2 Å². The van der Waals surface area contributed by atoms with E-state index in [1.165, 1.54) is 0 Å². The summed E-state index contributed by atoms with van der Waals surface area (Å²) in [4.78, 5) is 29.0. The molecule has 102 valence electrons. The van der Waals surface area contributed by atoms with Gasteiger partial charge >= 0.3 is 5.69 Å². The van der Waals surface area contributed by atoms with E-state index >= 15 is 0 Å². The second-order valence-electron chi connectivity index (χ2n) is 4.02. The molecule has 8 heteroatoms. The van der Waals surface area contributed by atoms with Gasteiger partial charge in [0.05, 0.1) is 6.33 Å². The van der Waals surface area contributed by atoms with E-state index in [4.69, 9.17) is 11.6 Å². The van der Waals surface area contributed by atoms with Crippen LogP contribution in [0, 0.1) is 5.82 Å². The molecule has 0 atom stereocenters. The van der Waals surface area contributed by atoms with Gasteiger partial charge in [-0.3, -0.25) is 14.3 Å². The maximum Gasteiger partial charge on any atom is 0.329 e. The quantitative estimate of drug-likeness (QED) is 0.658. The molecule has 0 spiro atoms. The van der Waals surface area contributed by atoms with E-state index in [1.54, 1.807) is 12.5 Å². The Labute approximate surface area is 112 Å². The molecule has 0 aliphatic heterocycles. The number of aromatic nitrogens is 4. The van der Waals surface area contributed by atoms with Gasteiger partial charge in [0.2, 0.25) is 5.82 Å². The van der Waals surface area contributed by atoms with Gasteiger partial charge in [-0.1, -0.05) is 11.6 Å². The zero-order valence-corrected chi connectivity index (χ0v) is 10.7. The average Bonchev–Trinajstić information content (AvgIpc) is 2.88. The molecule has 19 heavy (non-hydrogen) atoms. The van der Waals surface area contributed by atoms with Crippen LogP contribution in [0.1, 0.15) is 12.8 Å². The number of imidazole rings is 1. The van der Waals surface area contributed by atoms with E-state index in [9.17, 15) is 14.0 Å². The third kappa shape index (κ3) is 3.11. The predicted octanol–water partition coefficient (Wildman–Crippen LogP) is 1.01. The highest BCUT2D eigenvalue weighted by Gasteiger charge is 2.11. The summed E-state index contributed by atoms with van der Waals surface area (Å²) in [5, 5.41) is -0.551. The molecule has 2 aromatic heterocycles. The molecule has 2 heterocycles. The Balaban J connectivity index is 1.98. The van der Waals surface area contributed by atoms with Gasteiger partial charge in [0.1, 0.15) is 0 Å². The molecule has 1 N–H and O–H groups in total. The lowest BCUT2D eigenvalue weighted by Gasteiger charge is -2.05. The maximum absolute atomic E-state index is 13.3. The molecule has 2 rings (SSSR count). The number of aryl methyl sites for hydroxylation is 1. The minimum Gasteiger partial charge on any atom is -0.337 e. The second-order valence-corrected chi connectivity index (χ2v) is 4.40. The van der Waals surface area contributed by atoms with E-state index in [1.807, 2.05) is 10.8 Å². The number of rotatable bonds is 5. The molecule has 0 aliphatic rings. The first kappa shape index (κ1) is 13.5. The summed E-state index contributed by atoms with van der Waals surface area (Å²) in [7, 11) is 0. The number of hydrogen-bond acceptors (Lipinski definition) is 3. The van der Waals surface area contributed by atoms with Crippen molar-refractivity contribution in [3.8, 4) is 0 Å². The monoisotopic (exact) mass is 286 g/mol. The van der Waals surface area contributed by atoms with Crippen LogP contribution in [0.2, 0.25) is 5.15 Å². The van der Waals surface area contributed by atoms with Crippen molar-refractivity contribution in [3.05, 3.63) is 50.5 Å². The van der Waals surface area contributed by atoms with Gasteiger partial charge in [0.25, 0.3) is 5.56 Å². The van der Waals surface area contributed by atoms with Crippen molar-refractivity contribution in [3.63, 3.8) is 0 Å².